The van der Waals surface area contributed by atoms with E-state index in [0.717, 1.165) is 46.7 Å². The minimum absolute atomic E-state index is 0.0232. The first kappa shape index (κ1) is 21.1. The monoisotopic (exact) mass is 441 g/mol. The molecule has 0 bridgehead atoms. The Morgan fingerprint density at radius 1 is 0.939 bits per heavy atom. The number of benzene rings is 3. The standard InChI is InChI=1S/C27H27N3O3/c1-19-8-6-7-11-24(19)33-27-25(26(31)29-16-14-28-15-17-29)22-13-12-21(32-2)18-23(22)30(27)20-9-4-3-5-10-20/h3-13,18,28H,14-17H2,1-2H3. The van der Waals surface area contributed by atoms with Crippen LogP contribution in [0.3, 0.4) is 0 Å². The molecule has 0 atom stereocenters. The number of rotatable bonds is 5. The van der Waals surface area contributed by atoms with Crippen molar-refractivity contribution >= 4 is 16.8 Å². The Morgan fingerprint density at radius 2 is 1.67 bits per heavy atom. The molecule has 0 aliphatic carbocycles. The van der Waals surface area contributed by atoms with Gasteiger partial charge < -0.3 is 19.7 Å². The number of ether oxygens (including phenoxy) is 2. The molecule has 0 radical (unpaired) electrons. The normalized spacial score (nSPS) is 13.8. The molecular formula is C27H27N3O3. The second-order valence-electron chi connectivity index (χ2n) is 8.14. The average Bonchev–Trinajstić information content (AvgIpc) is 3.18. The Kier molecular flexibility index (Phi) is 5.75. The molecular weight excluding hydrogens is 414 g/mol. The van der Waals surface area contributed by atoms with Crippen molar-refractivity contribution in [2.24, 2.45) is 0 Å². The summed E-state index contributed by atoms with van der Waals surface area (Å²) in [7, 11) is 1.65. The number of carbonyl (C=O) groups is 1. The molecule has 1 aliphatic heterocycles. The number of aromatic nitrogens is 1. The number of piperazine rings is 1. The average molecular weight is 442 g/mol. The number of para-hydroxylation sites is 2. The SMILES string of the molecule is COc1ccc2c(C(=O)N3CCNCC3)c(Oc3ccccc3C)n(-c3ccccc3)c2c1. The van der Waals surface area contributed by atoms with Gasteiger partial charge in [0.2, 0.25) is 5.88 Å². The van der Waals surface area contributed by atoms with E-state index in [4.69, 9.17) is 9.47 Å². The summed E-state index contributed by atoms with van der Waals surface area (Å²) in [5, 5.41) is 4.16. The fourth-order valence-electron chi connectivity index (χ4n) is 4.31. The fourth-order valence-corrected chi connectivity index (χ4v) is 4.31. The molecule has 1 fully saturated rings. The molecule has 168 valence electrons. The number of nitrogens with one attached hydrogen (secondary N) is 1. The highest BCUT2D eigenvalue weighted by Gasteiger charge is 2.30. The Bertz CT molecular complexity index is 1290. The van der Waals surface area contributed by atoms with Gasteiger partial charge in [-0.25, -0.2) is 0 Å². The minimum Gasteiger partial charge on any atom is -0.497 e. The van der Waals surface area contributed by atoms with Gasteiger partial charge in [-0.15, -0.1) is 0 Å². The van der Waals surface area contributed by atoms with Gasteiger partial charge >= 0.3 is 0 Å². The number of hydrogen-bond acceptors (Lipinski definition) is 4. The van der Waals surface area contributed by atoms with E-state index in [2.05, 4.69) is 5.32 Å². The van der Waals surface area contributed by atoms with Gasteiger partial charge in [-0.3, -0.25) is 9.36 Å². The second-order valence-corrected chi connectivity index (χ2v) is 8.14. The van der Waals surface area contributed by atoms with E-state index in [1.165, 1.54) is 0 Å². The largest absolute Gasteiger partial charge is 0.497 e. The summed E-state index contributed by atoms with van der Waals surface area (Å²) < 4.78 is 14.1. The van der Waals surface area contributed by atoms with Gasteiger partial charge in [0.25, 0.3) is 5.91 Å². The molecule has 1 aliphatic rings. The van der Waals surface area contributed by atoms with E-state index < -0.39 is 0 Å². The predicted molar refractivity (Wildman–Crippen MR) is 130 cm³/mol. The highest BCUT2D eigenvalue weighted by molar-refractivity contribution is 6.10. The van der Waals surface area contributed by atoms with Crippen LogP contribution in [0, 0.1) is 6.92 Å². The van der Waals surface area contributed by atoms with Crippen LogP contribution in [0.1, 0.15) is 15.9 Å². The number of fused-ring (bicyclic) bond motifs is 1. The summed E-state index contributed by atoms with van der Waals surface area (Å²) in [6, 6.07) is 23.6. The first-order valence-electron chi connectivity index (χ1n) is 11.2. The Morgan fingerprint density at radius 3 is 2.39 bits per heavy atom. The van der Waals surface area contributed by atoms with E-state index in [0.29, 0.717) is 24.5 Å². The maximum Gasteiger partial charge on any atom is 0.260 e. The van der Waals surface area contributed by atoms with Gasteiger partial charge in [-0.2, -0.15) is 0 Å². The van der Waals surface area contributed by atoms with Crippen molar-refractivity contribution in [2.45, 2.75) is 6.92 Å². The van der Waals surface area contributed by atoms with Crippen LogP contribution < -0.4 is 14.8 Å². The highest BCUT2D eigenvalue weighted by atomic mass is 16.5. The molecule has 5 rings (SSSR count). The molecule has 1 amide bonds. The summed E-state index contributed by atoms with van der Waals surface area (Å²) in [6.07, 6.45) is 0. The van der Waals surface area contributed by atoms with Gasteiger partial charge in [0.05, 0.1) is 12.6 Å². The maximum atomic E-state index is 13.9. The molecule has 1 aromatic heterocycles. The first-order valence-corrected chi connectivity index (χ1v) is 11.2. The number of amides is 1. The molecule has 6 nitrogen and oxygen atoms in total. The second kappa shape index (κ2) is 9.00. The zero-order chi connectivity index (χ0) is 22.8. The van der Waals surface area contributed by atoms with Crippen molar-refractivity contribution in [3.63, 3.8) is 0 Å². The van der Waals surface area contributed by atoms with Crippen molar-refractivity contribution in [1.29, 1.82) is 0 Å². The van der Waals surface area contributed by atoms with E-state index >= 15 is 0 Å². The van der Waals surface area contributed by atoms with Crippen LogP contribution in [-0.4, -0.2) is 48.7 Å². The third-order valence-electron chi connectivity index (χ3n) is 6.06. The quantitative estimate of drug-likeness (QED) is 0.484. The van der Waals surface area contributed by atoms with Crippen LogP contribution in [0.5, 0.6) is 17.4 Å². The van der Waals surface area contributed by atoms with Crippen molar-refractivity contribution in [1.82, 2.24) is 14.8 Å². The van der Waals surface area contributed by atoms with Gasteiger partial charge in [-0.1, -0.05) is 36.4 Å². The van der Waals surface area contributed by atoms with Crippen molar-refractivity contribution < 1.29 is 14.3 Å². The lowest BCUT2D eigenvalue weighted by atomic mass is 10.1. The molecule has 3 aromatic carbocycles. The topological polar surface area (TPSA) is 55.7 Å². The van der Waals surface area contributed by atoms with Crippen LogP contribution >= 0.6 is 0 Å². The lowest BCUT2D eigenvalue weighted by Crippen LogP contribution is -2.46. The van der Waals surface area contributed by atoms with Crippen LogP contribution in [0.15, 0.2) is 72.8 Å². The predicted octanol–water partition coefficient (Wildman–Crippen LogP) is 4.79. The lowest BCUT2D eigenvalue weighted by molar-refractivity contribution is 0.0735. The summed E-state index contributed by atoms with van der Waals surface area (Å²) in [5.41, 5.74) is 3.35. The third-order valence-corrected chi connectivity index (χ3v) is 6.06. The maximum absolute atomic E-state index is 13.9. The smallest absolute Gasteiger partial charge is 0.260 e. The van der Waals surface area contributed by atoms with Gasteiger partial charge in [0.1, 0.15) is 17.1 Å². The molecule has 1 N–H and O–H groups in total. The summed E-state index contributed by atoms with van der Waals surface area (Å²) in [6.45, 7) is 4.90. The molecule has 33 heavy (non-hydrogen) atoms. The van der Waals surface area contributed by atoms with Crippen LogP contribution in [0.25, 0.3) is 16.6 Å². The van der Waals surface area contributed by atoms with E-state index in [1.54, 1.807) is 7.11 Å². The number of hydrogen-bond donors (Lipinski definition) is 1. The van der Waals surface area contributed by atoms with Gasteiger partial charge in [0.15, 0.2) is 0 Å². The lowest BCUT2D eigenvalue weighted by Gasteiger charge is -2.27. The summed E-state index contributed by atoms with van der Waals surface area (Å²) in [5.74, 6) is 1.94. The number of methoxy groups -OCH3 is 1. The molecule has 6 heteroatoms. The van der Waals surface area contributed by atoms with Gasteiger partial charge in [-0.05, 0) is 42.8 Å². The fraction of sp³-hybridized carbons (Fsp3) is 0.222. The molecule has 4 aromatic rings. The van der Waals surface area contributed by atoms with E-state index in [-0.39, 0.29) is 5.91 Å². The van der Waals surface area contributed by atoms with Crippen LogP contribution in [-0.2, 0) is 0 Å². The number of aryl methyl sites for hydroxylation is 1. The molecule has 0 spiro atoms. The summed E-state index contributed by atoms with van der Waals surface area (Å²) in [4.78, 5) is 15.8. The Balaban J connectivity index is 1.79. The summed E-state index contributed by atoms with van der Waals surface area (Å²) >= 11 is 0. The highest BCUT2D eigenvalue weighted by Crippen LogP contribution is 2.40. The molecule has 2 heterocycles. The van der Waals surface area contributed by atoms with Gasteiger partial charge in [0, 0.05) is 43.3 Å². The minimum atomic E-state index is -0.0232. The molecule has 0 unspecified atom stereocenters. The number of nitrogens with zero attached hydrogens (tertiary/aromatic N) is 2. The van der Waals surface area contributed by atoms with E-state index in [1.807, 2.05) is 89.2 Å². The Labute approximate surface area is 193 Å². The number of carbonyl (C=O) groups excluding carboxylic acids is 1. The van der Waals surface area contributed by atoms with Crippen molar-refractivity contribution in [3.05, 3.63) is 83.9 Å². The third kappa shape index (κ3) is 3.94. The zero-order valence-corrected chi connectivity index (χ0v) is 18.9. The zero-order valence-electron chi connectivity index (χ0n) is 18.9. The van der Waals surface area contributed by atoms with Crippen LogP contribution in [0.4, 0.5) is 0 Å². The van der Waals surface area contributed by atoms with Crippen LogP contribution in [0.2, 0.25) is 0 Å². The molecule has 1 saturated heterocycles. The molecule has 0 saturated carbocycles. The van der Waals surface area contributed by atoms with E-state index in [9.17, 15) is 4.79 Å². The Hall–Kier alpha value is -3.77. The van der Waals surface area contributed by atoms with Crippen molar-refractivity contribution in [3.8, 4) is 23.1 Å². The first-order chi connectivity index (χ1) is 16.2. The van der Waals surface area contributed by atoms with Crippen molar-refractivity contribution in [2.75, 3.05) is 33.3 Å².